The van der Waals surface area contributed by atoms with Crippen molar-refractivity contribution in [3.05, 3.63) is 28.3 Å². The average molecular weight is 315 g/mol. The fraction of sp³-hybridized carbons (Fsp3) is 0.500. The quantitative estimate of drug-likeness (QED) is 0.426. The van der Waals surface area contributed by atoms with Crippen LogP contribution < -0.4 is 10.5 Å². The number of rotatable bonds is 4. The van der Waals surface area contributed by atoms with Gasteiger partial charge >= 0.3 is 0 Å². The molecule has 0 radical (unpaired) electrons. The molecule has 0 aromatic heterocycles. The zero-order valence-electron chi connectivity index (χ0n) is 11.2. The Morgan fingerprint density at radius 2 is 1.90 bits per heavy atom. The zero-order chi connectivity index (χ0) is 15.6. The number of benzene rings is 1. The van der Waals surface area contributed by atoms with E-state index >= 15 is 0 Å². The largest absolute Gasteiger partial charge is 0.399 e. The summed E-state index contributed by atoms with van der Waals surface area (Å²) >= 11 is 0. The molecule has 0 amide bonds. The number of anilines is 1. The van der Waals surface area contributed by atoms with Crippen molar-refractivity contribution in [2.24, 2.45) is 0 Å². The van der Waals surface area contributed by atoms with E-state index < -0.39 is 31.6 Å². The molecule has 0 saturated heterocycles. The molecule has 0 unspecified atom stereocenters. The van der Waals surface area contributed by atoms with Crippen LogP contribution in [0.5, 0.6) is 0 Å². The molecule has 0 bridgehead atoms. The second kappa shape index (κ2) is 5.96. The summed E-state index contributed by atoms with van der Waals surface area (Å²) in [6.45, 7) is 0. The van der Waals surface area contributed by atoms with Gasteiger partial charge in [0.1, 0.15) is 0 Å². The summed E-state index contributed by atoms with van der Waals surface area (Å²) in [4.78, 5) is 9.82. The summed E-state index contributed by atoms with van der Waals surface area (Å²) in [7, 11) is -4.00. The Labute approximate surface area is 122 Å². The smallest absolute Gasteiger partial charge is 0.291 e. The minimum atomic E-state index is -4.00. The maximum Gasteiger partial charge on any atom is 0.291 e. The molecule has 0 spiro atoms. The molecule has 116 valence electrons. The molecule has 0 atom stereocenters. The molecule has 0 heterocycles. The zero-order valence-corrected chi connectivity index (χ0v) is 12.0. The summed E-state index contributed by atoms with van der Waals surface area (Å²) < 4.78 is 27.1. The molecule has 8 nitrogen and oxygen atoms in total. The molecule has 21 heavy (non-hydrogen) atoms. The highest BCUT2D eigenvalue weighted by molar-refractivity contribution is 7.89. The monoisotopic (exact) mass is 315 g/mol. The van der Waals surface area contributed by atoms with Crippen LogP contribution in [0.3, 0.4) is 0 Å². The molecule has 1 aliphatic rings. The van der Waals surface area contributed by atoms with E-state index in [0.717, 1.165) is 12.1 Å². The minimum Gasteiger partial charge on any atom is -0.399 e. The highest BCUT2D eigenvalue weighted by Gasteiger charge is 2.30. The molecule has 0 aliphatic heterocycles. The number of nitrogens with zero attached hydrogens (tertiary/aromatic N) is 1. The van der Waals surface area contributed by atoms with Gasteiger partial charge in [-0.15, -0.1) is 0 Å². The summed E-state index contributed by atoms with van der Waals surface area (Å²) in [5.41, 5.74) is 5.04. The fourth-order valence-electron chi connectivity index (χ4n) is 2.38. The van der Waals surface area contributed by atoms with Crippen molar-refractivity contribution in [1.29, 1.82) is 0 Å². The van der Waals surface area contributed by atoms with Gasteiger partial charge in [0.25, 0.3) is 5.69 Å². The van der Waals surface area contributed by atoms with Crippen molar-refractivity contribution in [2.75, 3.05) is 5.73 Å². The number of hydrogen-bond acceptors (Lipinski definition) is 6. The van der Waals surface area contributed by atoms with E-state index in [0.29, 0.717) is 25.7 Å². The van der Waals surface area contributed by atoms with Crippen LogP contribution in [0, 0.1) is 10.1 Å². The Balaban J connectivity index is 2.25. The van der Waals surface area contributed by atoms with Crippen LogP contribution in [0.25, 0.3) is 0 Å². The third-order valence-electron chi connectivity index (χ3n) is 3.49. The van der Waals surface area contributed by atoms with Crippen molar-refractivity contribution in [3.8, 4) is 0 Å². The lowest BCUT2D eigenvalue weighted by Crippen LogP contribution is -2.38. The van der Waals surface area contributed by atoms with Gasteiger partial charge in [-0.2, -0.15) is 0 Å². The van der Waals surface area contributed by atoms with Gasteiger partial charge in [-0.3, -0.25) is 10.1 Å². The maximum absolute atomic E-state index is 12.3. The van der Waals surface area contributed by atoms with E-state index in [1.54, 1.807) is 0 Å². The summed E-state index contributed by atoms with van der Waals surface area (Å²) in [5, 5.41) is 20.4. The average Bonchev–Trinajstić information content (AvgIpc) is 2.40. The summed E-state index contributed by atoms with van der Waals surface area (Å²) in [6, 6.07) is 3.15. The first kappa shape index (κ1) is 15.7. The number of aliphatic hydroxyl groups excluding tert-OH is 1. The Kier molecular flexibility index (Phi) is 4.45. The van der Waals surface area contributed by atoms with Gasteiger partial charge in [0.05, 0.1) is 11.0 Å². The molecular formula is C12H17N3O5S. The van der Waals surface area contributed by atoms with Crippen LogP contribution in [0.15, 0.2) is 23.1 Å². The van der Waals surface area contributed by atoms with Gasteiger partial charge in [0.15, 0.2) is 4.90 Å². The first-order valence-electron chi connectivity index (χ1n) is 6.54. The van der Waals surface area contributed by atoms with Crippen LogP contribution in [-0.2, 0) is 10.0 Å². The third kappa shape index (κ3) is 3.69. The predicted octanol–water partition coefficient (Wildman–Crippen LogP) is 0.759. The highest BCUT2D eigenvalue weighted by atomic mass is 32.2. The molecule has 1 saturated carbocycles. The lowest BCUT2D eigenvalue weighted by Gasteiger charge is -2.25. The topological polar surface area (TPSA) is 136 Å². The second-order valence-corrected chi connectivity index (χ2v) is 6.79. The maximum atomic E-state index is 12.3. The van der Waals surface area contributed by atoms with E-state index in [1.807, 2.05) is 0 Å². The number of hydrogen-bond donors (Lipinski definition) is 3. The number of nitrogen functional groups attached to an aromatic ring is 1. The second-order valence-electron chi connectivity index (χ2n) is 5.11. The number of nitrogens with one attached hydrogen (secondary N) is 1. The molecule has 4 N–H and O–H groups in total. The molecular weight excluding hydrogens is 298 g/mol. The normalized spacial score (nSPS) is 22.9. The van der Waals surface area contributed by atoms with E-state index in [9.17, 15) is 23.6 Å². The fourth-order valence-corrected chi connectivity index (χ4v) is 3.84. The summed E-state index contributed by atoms with van der Waals surface area (Å²) in [6.07, 6.45) is 1.62. The lowest BCUT2D eigenvalue weighted by atomic mass is 9.94. The Morgan fingerprint density at radius 1 is 1.29 bits per heavy atom. The number of nitro groups is 1. The first-order chi connectivity index (χ1) is 9.79. The highest BCUT2D eigenvalue weighted by Crippen LogP contribution is 2.27. The minimum absolute atomic E-state index is 0.126. The Bertz CT molecular complexity index is 638. The van der Waals surface area contributed by atoms with Gasteiger partial charge in [0.2, 0.25) is 10.0 Å². The Morgan fingerprint density at radius 3 is 2.48 bits per heavy atom. The molecule has 1 fully saturated rings. The van der Waals surface area contributed by atoms with Gasteiger partial charge in [-0.05, 0) is 37.8 Å². The van der Waals surface area contributed by atoms with Crippen LogP contribution in [0.4, 0.5) is 11.4 Å². The molecule has 1 aromatic carbocycles. The van der Waals surface area contributed by atoms with Crippen LogP contribution >= 0.6 is 0 Å². The third-order valence-corrected chi connectivity index (χ3v) is 5.06. The number of nitrogens with two attached hydrogens (primary N) is 1. The van der Waals surface area contributed by atoms with Crippen LogP contribution in [-0.4, -0.2) is 30.6 Å². The number of nitro benzene ring substituents is 1. The van der Waals surface area contributed by atoms with Crippen LogP contribution in [0.1, 0.15) is 25.7 Å². The van der Waals surface area contributed by atoms with Gasteiger partial charge < -0.3 is 10.8 Å². The van der Waals surface area contributed by atoms with Gasteiger partial charge in [0, 0.05) is 17.8 Å². The summed E-state index contributed by atoms with van der Waals surface area (Å²) in [5.74, 6) is 0. The predicted molar refractivity (Wildman–Crippen MR) is 76.1 cm³/mol. The first-order valence-corrected chi connectivity index (χ1v) is 8.02. The molecule has 9 heteroatoms. The lowest BCUT2D eigenvalue weighted by molar-refractivity contribution is -0.387. The van der Waals surface area contributed by atoms with Gasteiger partial charge in [-0.25, -0.2) is 13.1 Å². The van der Waals surface area contributed by atoms with Gasteiger partial charge in [-0.1, -0.05) is 0 Å². The molecule has 1 aliphatic carbocycles. The van der Waals surface area contributed by atoms with E-state index in [1.165, 1.54) is 6.07 Å². The van der Waals surface area contributed by atoms with Crippen molar-refractivity contribution < 1.29 is 18.4 Å². The van der Waals surface area contributed by atoms with E-state index in [2.05, 4.69) is 4.72 Å². The van der Waals surface area contributed by atoms with Crippen molar-refractivity contribution >= 4 is 21.4 Å². The van der Waals surface area contributed by atoms with E-state index in [-0.39, 0.29) is 11.7 Å². The van der Waals surface area contributed by atoms with Crippen LogP contribution in [0.2, 0.25) is 0 Å². The molecule has 1 aromatic rings. The number of aliphatic hydroxyl groups is 1. The standard InChI is InChI=1S/C12H17N3O5S/c13-8-1-6-12(11(7-8)15(17)18)21(19,20)14-9-2-4-10(16)5-3-9/h1,6-7,9-10,14,16H,2-5,13H2. The van der Waals surface area contributed by atoms with E-state index in [4.69, 9.17) is 5.73 Å². The Hall–Kier alpha value is -1.71. The SMILES string of the molecule is Nc1ccc(S(=O)(=O)NC2CCC(O)CC2)c([N+](=O)[O-])c1. The van der Waals surface area contributed by atoms with Crippen molar-refractivity contribution in [1.82, 2.24) is 4.72 Å². The number of sulfonamides is 1. The molecule has 2 rings (SSSR count). The van der Waals surface area contributed by atoms with Crippen molar-refractivity contribution in [2.45, 2.75) is 42.7 Å². The van der Waals surface area contributed by atoms with Crippen molar-refractivity contribution in [3.63, 3.8) is 0 Å².